The molecule has 0 radical (unpaired) electrons. The van der Waals surface area contributed by atoms with Crippen molar-refractivity contribution in [3.63, 3.8) is 0 Å². The summed E-state index contributed by atoms with van der Waals surface area (Å²) in [6, 6.07) is 0.874. The van der Waals surface area contributed by atoms with Gasteiger partial charge in [0.05, 0.1) is 6.61 Å². The largest absolute Gasteiger partial charge is 0.381 e. The number of carbonyl (C=O) groups is 1. The van der Waals surface area contributed by atoms with Gasteiger partial charge in [-0.05, 0) is 31.6 Å². The second-order valence-electron chi connectivity index (χ2n) is 5.60. The van der Waals surface area contributed by atoms with Crippen molar-refractivity contribution in [2.75, 3.05) is 26.3 Å². The summed E-state index contributed by atoms with van der Waals surface area (Å²) < 4.78 is 5.49. The van der Waals surface area contributed by atoms with Gasteiger partial charge in [0.1, 0.15) is 0 Å². The van der Waals surface area contributed by atoms with Gasteiger partial charge in [0.15, 0.2) is 0 Å². The minimum atomic E-state index is 0.352. The Bertz CT molecular complexity index is 289. The summed E-state index contributed by atoms with van der Waals surface area (Å²) in [5.74, 6) is 0.999. The van der Waals surface area contributed by atoms with E-state index in [9.17, 15) is 4.79 Å². The molecule has 0 aromatic heterocycles. The van der Waals surface area contributed by atoms with Crippen molar-refractivity contribution in [1.29, 1.82) is 0 Å². The maximum atomic E-state index is 11.8. The van der Waals surface area contributed by atoms with Gasteiger partial charge in [-0.15, -0.1) is 0 Å². The topological polar surface area (TPSA) is 41.6 Å². The first-order chi connectivity index (χ1) is 8.34. The molecule has 0 bridgehead atoms. The van der Waals surface area contributed by atoms with Gasteiger partial charge in [0.2, 0.25) is 5.91 Å². The Hall–Kier alpha value is -0.610. The van der Waals surface area contributed by atoms with Gasteiger partial charge in [-0.25, -0.2) is 0 Å². The molecule has 3 rings (SSSR count). The predicted molar refractivity (Wildman–Crippen MR) is 64.7 cm³/mol. The predicted octanol–water partition coefficient (Wildman–Crippen LogP) is 0.766. The lowest BCUT2D eigenvalue weighted by molar-refractivity contribution is -0.127. The zero-order valence-corrected chi connectivity index (χ0v) is 10.4. The van der Waals surface area contributed by atoms with E-state index in [-0.39, 0.29) is 0 Å². The van der Waals surface area contributed by atoms with Crippen LogP contribution >= 0.6 is 0 Å². The quantitative estimate of drug-likeness (QED) is 0.789. The van der Waals surface area contributed by atoms with Crippen molar-refractivity contribution < 1.29 is 9.53 Å². The Morgan fingerprint density at radius 3 is 3.12 bits per heavy atom. The molecule has 1 N–H and O–H groups in total. The number of nitrogens with zero attached hydrogens (tertiary/aromatic N) is 1. The monoisotopic (exact) mass is 238 g/mol. The van der Waals surface area contributed by atoms with Gasteiger partial charge in [-0.2, -0.15) is 0 Å². The SMILES string of the molecule is O=C1CC(NCC2CCCOC2)C2CCCN12. The molecule has 3 saturated heterocycles. The van der Waals surface area contributed by atoms with Gasteiger partial charge in [-0.3, -0.25) is 4.79 Å². The molecule has 17 heavy (non-hydrogen) atoms. The van der Waals surface area contributed by atoms with Crippen LogP contribution in [0.15, 0.2) is 0 Å². The van der Waals surface area contributed by atoms with Gasteiger partial charge in [-0.1, -0.05) is 0 Å². The van der Waals surface area contributed by atoms with Crippen LogP contribution in [0.25, 0.3) is 0 Å². The summed E-state index contributed by atoms with van der Waals surface area (Å²) in [4.78, 5) is 13.9. The molecule has 96 valence electrons. The molecule has 3 fully saturated rings. The molecule has 4 heteroatoms. The third-order valence-electron chi connectivity index (χ3n) is 4.40. The highest BCUT2D eigenvalue weighted by Gasteiger charge is 2.42. The summed E-state index contributed by atoms with van der Waals surface area (Å²) in [5, 5.41) is 3.61. The van der Waals surface area contributed by atoms with Crippen LogP contribution in [0.4, 0.5) is 0 Å². The van der Waals surface area contributed by atoms with E-state index >= 15 is 0 Å². The summed E-state index contributed by atoms with van der Waals surface area (Å²) in [7, 11) is 0. The van der Waals surface area contributed by atoms with Crippen LogP contribution in [0.1, 0.15) is 32.1 Å². The van der Waals surface area contributed by atoms with Crippen LogP contribution in [-0.4, -0.2) is 49.2 Å². The Labute approximate surface area is 103 Å². The van der Waals surface area contributed by atoms with Gasteiger partial charge in [0.25, 0.3) is 0 Å². The number of nitrogens with one attached hydrogen (secondary N) is 1. The van der Waals surface area contributed by atoms with E-state index in [1.165, 1.54) is 25.7 Å². The Morgan fingerprint density at radius 1 is 1.35 bits per heavy atom. The van der Waals surface area contributed by atoms with Crippen LogP contribution in [0.5, 0.6) is 0 Å². The second kappa shape index (κ2) is 4.94. The maximum absolute atomic E-state index is 11.8. The number of carbonyl (C=O) groups excluding carboxylic acids is 1. The number of amides is 1. The zero-order valence-electron chi connectivity index (χ0n) is 10.4. The van der Waals surface area contributed by atoms with Gasteiger partial charge >= 0.3 is 0 Å². The van der Waals surface area contributed by atoms with Crippen LogP contribution in [-0.2, 0) is 9.53 Å². The lowest BCUT2D eigenvalue weighted by Crippen LogP contribution is -2.42. The maximum Gasteiger partial charge on any atom is 0.224 e. The highest BCUT2D eigenvalue weighted by atomic mass is 16.5. The molecule has 0 aromatic carbocycles. The minimum Gasteiger partial charge on any atom is -0.381 e. The highest BCUT2D eigenvalue weighted by molar-refractivity contribution is 5.80. The fourth-order valence-corrected chi connectivity index (χ4v) is 3.46. The molecular formula is C13H22N2O2. The molecule has 0 aliphatic carbocycles. The van der Waals surface area contributed by atoms with Crippen molar-refractivity contribution in [3.8, 4) is 0 Å². The number of hydrogen-bond donors (Lipinski definition) is 1. The highest BCUT2D eigenvalue weighted by Crippen LogP contribution is 2.29. The molecule has 3 heterocycles. The Balaban J connectivity index is 1.50. The fourth-order valence-electron chi connectivity index (χ4n) is 3.46. The molecule has 3 unspecified atom stereocenters. The van der Waals surface area contributed by atoms with Crippen LogP contribution < -0.4 is 5.32 Å². The van der Waals surface area contributed by atoms with E-state index in [0.717, 1.165) is 26.3 Å². The first-order valence-corrected chi connectivity index (χ1v) is 6.95. The molecule has 0 spiro atoms. The van der Waals surface area contributed by atoms with E-state index < -0.39 is 0 Å². The van der Waals surface area contributed by atoms with E-state index in [0.29, 0.717) is 30.3 Å². The summed E-state index contributed by atoms with van der Waals surface area (Å²) in [6.07, 6.45) is 5.53. The molecule has 3 aliphatic heterocycles. The average molecular weight is 238 g/mol. The smallest absolute Gasteiger partial charge is 0.224 e. The molecule has 3 atom stereocenters. The third-order valence-corrected chi connectivity index (χ3v) is 4.40. The van der Waals surface area contributed by atoms with E-state index in [4.69, 9.17) is 4.74 Å². The average Bonchev–Trinajstić information content (AvgIpc) is 2.93. The normalized spacial score (nSPS) is 37.5. The Morgan fingerprint density at radius 2 is 2.29 bits per heavy atom. The van der Waals surface area contributed by atoms with Crippen molar-refractivity contribution in [2.24, 2.45) is 5.92 Å². The van der Waals surface area contributed by atoms with Crippen LogP contribution in [0.2, 0.25) is 0 Å². The van der Waals surface area contributed by atoms with Gasteiger partial charge < -0.3 is 15.0 Å². The fraction of sp³-hybridized carbons (Fsp3) is 0.923. The molecule has 4 nitrogen and oxygen atoms in total. The number of rotatable bonds is 3. The van der Waals surface area contributed by atoms with Crippen LogP contribution in [0.3, 0.4) is 0 Å². The lowest BCUT2D eigenvalue weighted by atomic mass is 10.0. The first kappa shape index (κ1) is 11.5. The standard InChI is InChI=1S/C13H22N2O2/c16-13-7-11(12-4-1-5-15(12)13)14-8-10-3-2-6-17-9-10/h10-12,14H,1-9H2. The zero-order chi connectivity index (χ0) is 11.7. The summed E-state index contributed by atoms with van der Waals surface area (Å²) in [5.41, 5.74) is 0. The van der Waals surface area contributed by atoms with Crippen molar-refractivity contribution in [2.45, 2.75) is 44.2 Å². The van der Waals surface area contributed by atoms with E-state index in [2.05, 4.69) is 10.2 Å². The number of hydrogen-bond acceptors (Lipinski definition) is 3. The van der Waals surface area contributed by atoms with Crippen molar-refractivity contribution in [1.82, 2.24) is 10.2 Å². The van der Waals surface area contributed by atoms with E-state index in [1.54, 1.807) is 0 Å². The first-order valence-electron chi connectivity index (χ1n) is 6.95. The summed E-state index contributed by atoms with van der Waals surface area (Å²) >= 11 is 0. The van der Waals surface area contributed by atoms with E-state index in [1.807, 2.05) is 0 Å². The Kier molecular flexibility index (Phi) is 3.34. The number of fused-ring (bicyclic) bond motifs is 1. The van der Waals surface area contributed by atoms with Gasteiger partial charge in [0, 0.05) is 38.2 Å². The summed E-state index contributed by atoms with van der Waals surface area (Å²) in [6.45, 7) is 3.81. The molecule has 0 saturated carbocycles. The van der Waals surface area contributed by atoms with Crippen LogP contribution in [0, 0.1) is 5.92 Å². The van der Waals surface area contributed by atoms with Crippen molar-refractivity contribution >= 4 is 5.91 Å². The number of ether oxygens (including phenoxy) is 1. The third kappa shape index (κ3) is 2.33. The minimum absolute atomic E-state index is 0.352. The molecule has 0 aromatic rings. The molecular weight excluding hydrogens is 216 g/mol. The molecule has 1 amide bonds. The van der Waals surface area contributed by atoms with Crippen molar-refractivity contribution in [3.05, 3.63) is 0 Å². The second-order valence-corrected chi connectivity index (χ2v) is 5.60. The lowest BCUT2D eigenvalue weighted by Gasteiger charge is -2.26. The molecule has 3 aliphatic rings.